The number of fused-ring (bicyclic) bond motifs is 1. The summed E-state index contributed by atoms with van der Waals surface area (Å²) in [6.07, 6.45) is 0. The molecule has 0 unspecified atom stereocenters. The van der Waals surface area contributed by atoms with Crippen LogP contribution in [0.4, 0.5) is 5.00 Å². The fourth-order valence-corrected chi connectivity index (χ4v) is 4.68. The van der Waals surface area contributed by atoms with E-state index in [0.29, 0.717) is 13.2 Å². The number of carbonyl (C=O) groups excluding carboxylic acids is 1. The molecule has 1 amide bonds. The van der Waals surface area contributed by atoms with Crippen molar-refractivity contribution in [2.45, 2.75) is 27.7 Å². The molecule has 124 valence electrons. The monoisotopic (exact) mass is 331 g/mol. The van der Waals surface area contributed by atoms with Crippen LogP contribution in [0.3, 0.4) is 0 Å². The molecule has 1 heterocycles. The molecule has 0 saturated heterocycles. The summed E-state index contributed by atoms with van der Waals surface area (Å²) < 4.78 is 6.45. The summed E-state index contributed by atoms with van der Waals surface area (Å²) in [5.41, 5.74) is 0.0954. The van der Waals surface area contributed by atoms with Crippen molar-refractivity contribution in [2.75, 3.05) is 25.2 Å². The van der Waals surface area contributed by atoms with Crippen LogP contribution in [0.25, 0.3) is 10.1 Å². The van der Waals surface area contributed by atoms with Crippen molar-refractivity contribution in [1.82, 2.24) is 0 Å². The Morgan fingerprint density at radius 3 is 2.43 bits per heavy atom. The van der Waals surface area contributed by atoms with Crippen molar-refractivity contribution in [3.8, 4) is 0 Å². The van der Waals surface area contributed by atoms with Gasteiger partial charge in [-0.15, -0.1) is 11.3 Å². The third-order valence-electron chi connectivity index (χ3n) is 5.73. The molecule has 1 fully saturated rings. The second-order valence-corrected chi connectivity index (χ2v) is 8.54. The van der Waals surface area contributed by atoms with Gasteiger partial charge in [0.1, 0.15) is 0 Å². The normalized spacial score (nSPS) is 19.0. The highest BCUT2D eigenvalue weighted by Gasteiger charge is 2.68. The van der Waals surface area contributed by atoms with Crippen molar-refractivity contribution in [3.05, 3.63) is 30.3 Å². The number of rotatable bonds is 5. The van der Waals surface area contributed by atoms with E-state index in [9.17, 15) is 4.79 Å². The maximum Gasteiger partial charge on any atom is 0.231 e. The van der Waals surface area contributed by atoms with Crippen molar-refractivity contribution in [3.63, 3.8) is 0 Å². The van der Waals surface area contributed by atoms with Gasteiger partial charge in [-0.05, 0) is 28.3 Å². The Morgan fingerprint density at radius 1 is 1.22 bits per heavy atom. The Bertz CT molecular complexity index is 685. The SMILES string of the molecule is COCCN(C(=O)C1C(C)(C)C1(C)C)c1cc2ccccc2s1. The summed E-state index contributed by atoms with van der Waals surface area (Å²) in [4.78, 5) is 15.1. The maximum absolute atomic E-state index is 13.2. The topological polar surface area (TPSA) is 29.5 Å². The first kappa shape index (κ1) is 16.5. The van der Waals surface area contributed by atoms with Crippen LogP contribution in [-0.4, -0.2) is 26.2 Å². The highest BCUT2D eigenvalue weighted by molar-refractivity contribution is 7.23. The molecule has 23 heavy (non-hydrogen) atoms. The number of amides is 1. The summed E-state index contributed by atoms with van der Waals surface area (Å²) in [5.74, 6) is 0.292. The summed E-state index contributed by atoms with van der Waals surface area (Å²) in [6, 6.07) is 10.4. The lowest BCUT2D eigenvalue weighted by Crippen LogP contribution is -2.36. The Kier molecular flexibility index (Phi) is 4.01. The molecule has 1 aromatic heterocycles. The molecule has 4 heteroatoms. The predicted molar refractivity (Wildman–Crippen MR) is 97.1 cm³/mol. The molecular formula is C19H25NO2S. The fourth-order valence-electron chi connectivity index (χ4n) is 3.58. The number of hydrogen-bond donors (Lipinski definition) is 0. The van der Waals surface area contributed by atoms with E-state index in [4.69, 9.17) is 4.74 Å². The first-order valence-electron chi connectivity index (χ1n) is 8.09. The molecule has 3 rings (SSSR count). The quantitative estimate of drug-likeness (QED) is 0.803. The van der Waals surface area contributed by atoms with Gasteiger partial charge in [-0.25, -0.2) is 0 Å². The molecule has 0 radical (unpaired) electrons. The third-order valence-corrected chi connectivity index (χ3v) is 6.87. The molecule has 1 aliphatic carbocycles. The highest BCUT2D eigenvalue weighted by atomic mass is 32.1. The molecule has 2 aromatic rings. The van der Waals surface area contributed by atoms with Gasteiger partial charge in [0.05, 0.1) is 18.2 Å². The third kappa shape index (κ3) is 2.58. The number of thiophene rings is 1. The number of ether oxygens (including phenoxy) is 1. The van der Waals surface area contributed by atoms with Crippen molar-refractivity contribution in [2.24, 2.45) is 16.7 Å². The Balaban J connectivity index is 1.93. The van der Waals surface area contributed by atoms with Gasteiger partial charge >= 0.3 is 0 Å². The van der Waals surface area contributed by atoms with Gasteiger partial charge in [0.2, 0.25) is 5.91 Å². The van der Waals surface area contributed by atoms with Crippen molar-refractivity contribution < 1.29 is 9.53 Å². The van der Waals surface area contributed by atoms with Crippen molar-refractivity contribution in [1.29, 1.82) is 0 Å². The van der Waals surface area contributed by atoms with Crippen LogP contribution < -0.4 is 4.90 Å². The fraction of sp³-hybridized carbons (Fsp3) is 0.526. The number of benzene rings is 1. The van der Waals surface area contributed by atoms with E-state index >= 15 is 0 Å². The summed E-state index contributed by atoms with van der Waals surface area (Å²) >= 11 is 1.68. The number of nitrogens with zero attached hydrogens (tertiary/aromatic N) is 1. The minimum Gasteiger partial charge on any atom is -0.383 e. The highest BCUT2D eigenvalue weighted by Crippen LogP contribution is 2.69. The predicted octanol–water partition coefficient (Wildman–Crippen LogP) is 4.56. The average molecular weight is 331 g/mol. The van der Waals surface area contributed by atoms with Crippen LogP contribution in [0.2, 0.25) is 0 Å². The van der Waals surface area contributed by atoms with Crippen LogP contribution in [0, 0.1) is 16.7 Å². The molecule has 0 atom stereocenters. The smallest absolute Gasteiger partial charge is 0.231 e. The van der Waals surface area contributed by atoms with Gasteiger partial charge in [0, 0.05) is 17.7 Å². The molecule has 0 bridgehead atoms. The van der Waals surface area contributed by atoms with E-state index in [2.05, 4.69) is 45.9 Å². The summed E-state index contributed by atoms with van der Waals surface area (Å²) in [6.45, 7) is 9.91. The van der Waals surface area contributed by atoms with Gasteiger partial charge < -0.3 is 9.64 Å². The molecule has 0 aliphatic heterocycles. The van der Waals surface area contributed by atoms with Crippen LogP contribution in [0.5, 0.6) is 0 Å². The van der Waals surface area contributed by atoms with Gasteiger partial charge in [0.25, 0.3) is 0 Å². The Morgan fingerprint density at radius 2 is 1.87 bits per heavy atom. The molecule has 1 aliphatic rings. The van der Waals surface area contributed by atoms with Gasteiger partial charge in [-0.3, -0.25) is 4.79 Å². The standard InChI is InChI=1S/C19H25NO2S/c1-18(2)16(19(18,3)4)17(21)20(10-11-22-5)15-12-13-8-6-7-9-14(13)23-15/h6-9,12,16H,10-11H2,1-5H3. The number of hydrogen-bond acceptors (Lipinski definition) is 3. The number of carbonyl (C=O) groups is 1. The van der Waals surface area contributed by atoms with E-state index in [1.165, 1.54) is 10.1 Å². The second kappa shape index (κ2) is 5.60. The van der Waals surface area contributed by atoms with Gasteiger partial charge in [-0.1, -0.05) is 45.9 Å². The molecule has 1 aromatic carbocycles. The van der Waals surface area contributed by atoms with Crippen LogP contribution in [0.1, 0.15) is 27.7 Å². The zero-order valence-corrected chi connectivity index (χ0v) is 15.4. The minimum absolute atomic E-state index is 0.0477. The molecular weight excluding hydrogens is 306 g/mol. The summed E-state index contributed by atoms with van der Waals surface area (Å²) in [5, 5.41) is 2.21. The number of anilines is 1. The maximum atomic E-state index is 13.2. The van der Waals surface area contributed by atoms with Crippen LogP contribution >= 0.6 is 11.3 Å². The second-order valence-electron chi connectivity index (χ2n) is 7.48. The zero-order chi connectivity index (χ0) is 16.8. The lowest BCUT2D eigenvalue weighted by molar-refractivity contribution is -0.121. The van der Waals surface area contributed by atoms with Crippen LogP contribution in [-0.2, 0) is 9.53 Å². The summed E-state index contributed by atoms with van der Waals surface area (Å²) in [7, 11) is 1.68. The number of methoxy groups -OCH3 is 1. The minimum atomic E-state index is 0.0477. The average Bonchev–Trinajstić information content (AvgIpc) is 2.79. The zero-order valence-electron chi connectivity index (χ0n) is 14.6. The van der Waals surface area contributed by atoms with E-state index < -0.39 is 0 Å². The molecule has 0 N–H and O–H groups in total. The van der Waals surface area contributed by atoms with E-state index in [1.807, 2.05) is 17.0 Å². The lowest BCUT2D eigenvalue weighted by atomic mass is 10.0. The lowest BCUT2D eigenvalue weighted by Gasteiger charge is -2.22. The molecule has 1 saturated carbocycles. The molecule has 0 spiro atoms. The Labute approximate surface area is 142 Å². The largest absolute Gasteiger partial charge is 0.383 e. The van der Waals surface area contributed by atoms with E-state index in [0.717, 1.165) is 5.00 Å². The first-order valence-corrected chi connectivity index (χ1v) is 8.91. The first-order chi connectivity index (χ1) is 10.8. The van der Waals surface area contributed by atoms with Crippen LogP contribution in [0.15, 0.2) is 30.3 Å². The van der Waals surface area contributed by atoms with Gasteiger partial charge in [0.15, 0.2) is 0 Å². The van der Waals surface area contributed by atoms with E-state index in [-0.39, 0.29) is 22.7 Å². The van der Waals surface area contributed by atoms with E-state index in [1.54, 1.807) is 18.4 Å². The molecule has 3 nitrogen and oxygen atoms in total. The van der Waals surface area contributed by atoms with Gasteiger partial charge in [-0.2, -0.15) is 0 Å². The Hall–Kier alpha value is -1.39. The van der Waals surface area contributed by atoms with Crippen molar-refractivity contribution >= 4 is 32.3 Å².